The molecular formula is C46H52Cl2Si2Zr2. The summed E-state index contributed by atoms with van der Waals surface area (Å²) in [6.07, 6.45) is 0. The molecule has 0 aromatic heterocycles. The van der Waals surface area contributed by atoms with E-state index in [-0.39, 0.29) is 77.2 Å². The number of benzene rings is 4. The molecule has 0 bridgehead atoms. The predicted molar refractivity (Wildman–Crippen MR) is 221 cm³/mol. The molecule has 0 saturated heterocycles. The van der Waals surface area contributed by atoms with Crippen LogP contribution < -0.4 is 24.8 Å². The molecule has 8 rings (SSSR count). The summed E-state index contributed by atoms with van der Waals surface area (Å²) in [5, 5.41) is 10.9. The van der Waals surface area contributed by atoms with Crippen LogP contribution in [0.15, 0.2) is 158 Å². The summed E-state index contributed by atoms with van der Waals surface area (Å²) in [5.74, 6) is 1.26. The van der Waals surface area contributed by atoms with Crippen LogP contribution in [0.25, 0.3) is 43.1 Å². The molecule has 0 nitrogen and oxygen atoms in total. The van der Waals surface area contributed by atoms with Crippen LogP contribution >= 0.6 is 0 Å². The van der Waals surface area contributed by atoms with Gasteiger partial charge < -0.3 is 24.8 Å². The monoisotopic (exact) mass is 910 g/mol. The molecule has 52 heavy (non-hydrogen) atoms. The van der Waals surface area contributed by atoms with E-state index in [0.717, 1.165) is 19.0 Å². The van der Waals surface area contributed by atoms with Crippen molar-refractivity contribution in [2.24, 2.45) is 0 Å². The second kappa shape index (κ2) is 29.5. The van der Waals surface area contributed by atoms with Gasteiger partial charge in [-0.2, -0.15) is 46.2 Å². The summed E-state index contributed by atoms with van der Waals surface area (Å²) < 4.78 is 0. The smallest absolute Gasteiger partial charge is 1.00 e. The molecule has 6 radical (unpaired) electrons. The Morgan fingerprint density at radius 2 is 0.692 bits per heavy atom. The minimum atomic E-state index is 0. The van der Waals surface area contributed by atoms with Gasteiger partial charge in [-0.15, -0.1) is 142 Å². The minimum absolute atomic E-state index is 0. The van der Waals surface area contributed by atoms with Crippen molar-refractivity contribution in [1.29, 1.82) is 0 Å². The zero-order valence-electron chi connectivity index (χ0n) is 31.9. The van der Waals surface area contributed by atoms with Crippen LogP contribution in [-0.2, 0) is 52.4 Å². The first kappa shape index (κ1) is 52.2. The molecule has 0 amide bonds. The fourth-order valence-electron chi connectivity index (χ4n) is 5.50. The Kier molecular flexibility index (Phi) is 29.6. The fourth-order valence-corrected chi connectivity index (χ4v) is 5.50. The average Bonchev–Trinajstić information content (AvgIpc) is 3.92. The van der Waals surface area contributed by atoms with Gasteiger partial charge in [0.15, 0.2) is 0 Å². The topological polar surface area (TPSA) is 0 Å². The largest absolute Gasteiger partial charge is 3.00 e. The van der Waals surface area contributed by atoms with Crippen LogP contribution in [0.4, 0.5) is 0 Å². The van der Waals surface area contributed by atoms with Crippen LogP contribution in [0.5, 0.6) is 0 Å². The number of fused-ring (bicyclic) bond motifs is 4. The van der Waals surface area contributed by atoms with Gasteiger partial charge in [-0.3, -0.25) is 0 Å². The van der Waals surface area contributed by atoms with Crippen molar-refractivity contribution in [3.63, 3.8) is 0 Å². The Morgan fingerprint density at radius 1 is 0.404 bits per heavy atom. The Labute approximate surface area is 370 Å². The van der Waals surface area contributed by atoms with Gasteiger partial charge in [0.05, 0.1) is 0 Å². The summed E-state index contributed by atoms with van der Waals surface area (Å²) in [6.45, 7) is 17.6. The summed E-state index contributed by atoms with van der Waals surface area (Å²) in [4.78, 5) is 0. The van der Waals surface area contributed by atoms with Crippen molar-refractivity contribution in [3.05, 3.63) is 169 Å². The molecular weight excluding hydrogens is 862 g/mol. The second-order valence-corrected chi connectivity index (χ2v) is 14.4. The molecule has 0 saturated carbocycles. The van der Waals surface area contributed by atoms with Crippen LogP contribution in [0.2, 0.25) is 26.2 Å². The van der Waals surface area contributed by atoms with Gasteiger partial charge in [0.25, 0.3) is 0 Å². The third-order valence-electron chi connectivity index (χ3n) is 7.77. The van der Waals surface area contributed by atoms with E-state index in [9.17, 15) is 0 Å². The number of hydrogen-bond acceptors (Lipinski definition) is 0. The van der Waals surface area contributed by atoms with Gasteiger partial charge in [0, 0.05) is 19.0 Å². The number of rotatable bonds is 2. The van der Waals surface area contributed by atoms with E-state index in [4.69, 9.17) is 0 Å². The molecule has 0 aliphatic carbocycles. The zero-order valence-corrected chi connectivity index (χ0v) is 40.3. The van der Waals surface area contributed by atoms with Crippen LogP contribution in [-0.4, -0.2) is 19.0 Å². The molecule has 0 spiro atoms. The first-order chi connectivity index (χ1) is 23.3. The summed E-state index contributed by atoms with van der Waals surface area (Å²) >= 11 is 0. The van der Waals surface area contributed by atoms with Crippen molar-refractivity contribution in [2.75, 3.05) is 0 Å². The molecule has 0 atom stereocenters. The van der Waals surface area contributed by atoms with Crippen LogP contribution in [0, 0.1) is 0 Å². The molecule has 8 aromatic carbocycles. The average molecular weight is 914 g/mol. The third-order valence-corrected chi connectivity index (χ3v) is 7.77. The van der Waals surface area contributed by atoms with E-state index in [1.54, 1.807) is 0 Å². The van der Waals surface area contributed by atoms with E-state index in [0.29, 0.717) is 11.8 Å². The normalized spacial score (nSPS) is 9.42. The Morgan fingerprint density at radius 3 is 1.00 bits per heavy atom. The molecule has 0 aliphatic rings. The third kappa shape index (κ3) is 16.6. The Balaban J connectivity index is 0. The molecule has 0 aliphatic heterocycles. The van der Waals surface area contributed by atoms with E-state index in [1.807, 2.05) is 0 Å². The maximum Gasteiger partial charge on any atom is 3.00 e. The second-order valence-electron chi connectivity index (χ2n) is 12.4. The molecule has 0 fully saturated rings. The summed E-state index contributed by atoms with van der Waals surface area (Å²) in [5.41, 5.74) is 2.93. The minimum Gasteiger partial charge on any atom is -1.00 e. The first-order valence-corrected chi connectivity index (χ1v) is 21.0. The van der Waals surface area contributed by atoms with Gasteiger partial charge in [-0.25, -0.2) is 0 Å². The standard InChI is InChI=1S/2C12H13.2C9H7.2C2H6Si.2ClH.2Zr/c2*1-9(2)11-8-7-10-5-3-4-6-12(10)11;2*1-2-5-9-7-3-6-8(9)4-1;2*1-3-2;;;;/h2*3-9H,1-2H3;2*1-7H;2*1-2H3;2*1H;;/q4*-1;;;;;2*+3/p-2. The van der Waals surface area contributed by atoms with Crippen molar-refractivity contribution in [3.8, 4) is 0 Å². The van der Waals surface area contributed by atoms with Gasteiger partial charge in [0.2, 0.25) is 0 Å². The first-order valence-electron chi connectivity index (χ1n) is 17.0. The molecule has 8 aromatic rings. The predicted octanol–water partition coefficient (Wildman–Crippen LogP) is 8.06. The van der Waals surface area contributed by atoms with E-state index < -0.39 is 0 Å². The van der Waals surface area contributed by atoms with Gasteiger partial charge >= 0.3 is 52.4 Å². The summed E-state index contributed by atoms with van der Waals surface area (Å²) in [6, 6.07) is 55.3. The molecule has 266 valence electrons. The van der Waals surface area contributed by atoms with Crippen LogP contribution in [0.3, 0.4) is 0 Å². The van der Waals surface area contributed by atoms with Gasteiger partial charge in [-0.1, -0.05) is 90.0 Å². The zero-order chi connectivity index (χ0) is 34.7. The number of halogens is 2. The van der Waals surface area contributed by atoms with Crippen molar-refractivity contribution in [1.82, 2.24) is 0 Å². The molecule has 0 unspecified atom stereocenters. The van der Waals surface area contributed by atoms with Crippen molar-refractivity contribution >= 4 is 62.1 Å². The van der Waals surface area contributed by atoms with E-state index >= 15 is 0 Å². The SMILES string of the molecule is CC(C)c1c[cH-]c2ccccc12.CC(C)c1c[cH-]c2ccccc12.C[Si]C.C[Si]C.[Cl-].[Cl-].[Zr+3].[Zr+3].c1ccc2[cH-]ccc2c1.c1ccc2[cH-]ccc2c1. The number of hydrogen-bond donors (Lipinski definition) is 0. The summed E-state index contributed by atoms with van der Waals surface area (Å²) in [7, 11) is 2.17. The Hall–Kier alpha value is -1.90. The fraction of sp³-hybridized carbons (Fsp3) is 0.217. The van der Waals surface area contributed by atoms with Gasteiger partial charge in [-0.05, 0) is 0 Å². The van der Waals surface area contributed by atoms with E-state index in [1.165, 1.54) is 54.2 Å². The Bertz CT molecular complexity index is 1810. The molecule has 0 N–H and O–H groups in total. The quantitative estimate of drug-likeness (QED) is 0.122. The molecule has 6 heteroatoms. The maximum atomic E-state index is 2.24. The van der Waals surface area contributed by atoms with E-state index in [2.05, 4.69) is 212 Å². The van der Waals surface area contributed by atoms with Crippen LogP contribution in [0.1, 0.15) is 50.7 Å². The van der Waals surface area contributed by atoms with Gasteiger partial charge in [0.1, 0.15) is 0 Å². The van der Waals surface area contributed by atoms with Crippen molar-refractivity contribution in [2.45, 2.75) is 65.7 Å². The van der Waals surface area contributed by atoms with Crippen molar-refractivity contribution < 1.29 is 77.2 Å². The molecule has 0 heterocycles. The maximum absolute atomic E-state index is 2.24.